The summed E-state index contributed by atoms with van der Waals surface area (Å²) in [5.74, 6) is 3.07. The molecule has 4 aliphatic rings. The molecule has 0 aliphatic heterocycles. The van der Waals surface area contributed by atoms with E-state index in [-0.39, 0.29) is 0 Å². The van der Waals surface area contributed by atoms with Crippen LogP contribution in [0, 0.1) is 23.2 Å². The van der Waals surface area contributed by atoms with E-state index in [0.717, 1.165) is 29.9 Å². The molecule has 4 aliphatic carbocycles. The van der Waals surface area contributed by atoms with E-state index in [0.29, 0.717) is 17.9 Å². The van der Waals surface area contributed by atoms with Crippen LogP contribution in [0.4, 0.5) is 0 Å². The molecule has 1 amide bonds. The zero-order valence-corrected chi connectivity index (χ0v) is 12.8. The van der Waals surface area contributed by atoms with Crippen molar-refractivity contribution < 1.29 is 4.79 Å². The molecule has 4 saturated carbocycles. The van der Waals surface area contributed by atoms with E-state index in [1.807, 2.05) is 18.0 Å². The molecular formula is C17H25N3O. The highest BCUT2D eigenvalue weighted by Gasteiger charge is 2.51. The minimum atomic E-state index is 0.312. The maximum absolute atomic E-state index is 12.6. The molecule has 1 aromatic rings. The lowest BCUT2D eigenvalue weighted by molar-refractivity contribution is -0.138. The summed E-state index contributed by atoms with van der Waals surface area (Å²) in [4.78, 5) is 14.5. The molecular weight excluding hydrogens is 262 g/mol. The van der Waals surface area contributed by atoms with Gasteiger partial charge in [0.2, 0.25) is 5.91 Å². The fraction of sp³-hybridized carbons (Fsp3) is 0.765. The van der Waals surface area contributed by atoms with Gasteiger partial charge >= 0.3 is 0 Å². The summed E-state index contributed by atoms with van der Waals surface area (Å²) in [7, 11) is 1.92. The molecule has 1 aromatic heterocycles. The summed E-state index contributed by atoms with van der Waals surface area (Å²) in [6.45, 7) is 0.644. The van der Waals surface area contributed by atoms with Gasteiger partial charge in [-0.15, -0.1) is 0 Å². The predicted octanol–water partition coefficient (Wildman–Crippen LogP) is 2.97. The first-order valence-electron chi connectivity index (χ1n) is 8.34. The van der Waals surface area contributed by atoms with Gasteiger partial charge in [-0.3, -0.25) is 9.89 Å². The molecule has 4 nitrogen and oxygen atoms in total. The first kappa shape index (κ1) is 13.4. The third-order valence-electron chi connectivity index (χ3n) is 6.08. The van der Waals surface area contributed by atoms with E-state index in [9.17, 15) is 4.79 Å². The van der Waals surface area contributed by atoms with Crippen LogP contribution in [0.15, 0.2) is 12.3 Å². The second-order valence-corrected chi connectivity index (χ2v) is 7.93. The third kappa shape index (κ3) is 2.49. The Morgan fingerprint density at radius 1 is 1.29 bits per heavy atom. The lowest BCUT2D eigenvalue weighted by Crippen LogP contribution is -2.48. The largest absolute Gasteiger partial charge is 0.340 e. The monoisotopic (exact) mass is 287 g/mol. The van der Waals surface area contributed by atoms with E-state index in [4.69, 9.17) is 0 Å². The topological polar surface area (TPSA) is 49.0 Å². The van der Waals surface area contributed by atoms with Crippen LogP contribution in [0.2, 0.25) is 0 Å². The standard InChI is InChI=1S/C17H25N3O/c1-20(11-15-2-3-18-19-15)16(21)10-17-7-12-4-13(8-17)6-14(5-12)9-17/h2-3,12-14H,4-11H2,1H3,(H,18,19). The van der Waals surface area contributed by atoms with Crippen molar-refractivity contribution in [1.82, 2.24) is 15.1 Å². The molecule has 0 aromatic carbocycles. The highest BCUT2D eigenvalue weighted by atomic mass is 16.2. The zero-order valence-electron chi connectivity index (χ0n) is 12.8. The van der Waals surface area contributed by atoms with Gasteiger partial charge in [0.1, 0.15) is 0 Å². The van der Waals surface area contributed by atoms with Gasteiger partial charge in [0.05, 0.1) is 12.2 Å². The van der Waals surface area contributed by atoms with Gasteiger partial charge in [-0.05, 0) is 67.8 Å². The number of aromatic amines is 1. The van der Waals surface area contributed by atoms with Crippen molar-refractivity contribution in [3.8, 4) is 0 Å². The zero-order chi connectivity index (χ0) is 14.4. The van der Waals surface area contributed by atoms with Gasteiger partial charge in [-0.2, -0.15) is 5.10 Å². The van der Waals surface area contributed by atoms with Gasteiger partial charge in [0.25, 0.3) is 0 Å². The highest BCUT2D eigenvalue weighted by Crippen LogP contribution is 2.61. The van der Waals surface area contributed by atoms with Gasteiger partial charge < -0.3 is 4.90 Å². The van der Waals surface area contributed by atoms with E-state index in [1.54, 1.807) is 6.20 Å². The number of nitrogens with one attached hydrogen (secondary N) is 1. The smallest absolute Gasteiger partial charge is 0.223 e. The fourth-order valence-electron chi connectivity index (χ4n) is 5.68. The van der Waals surface area contributed by atoms with Crippen molar-refractivity contribution in [3.63, 3.8) is 0 Å². The minimum Gasteiger partial charge on any atom is -0.340 e. The number of hydrogen-bond acceptors (Lipinski definition) is 2. The maximum Gasteiger partial charge on any atom is 0.223 e. The van der Waals surface area contributed by atoms with E-state index < -0.39 is 0 Å². The Bertz CT molecular complexity index is 487. The quantitative estimate of drug-likeness (QED) is 0.925. The molecule has 0 spiro atoms. The molecule has 0 unspecified atom stereocenters. The predicted molar refractivity (Wildman–Crippen MR) is 80.3 cm³/mol. The van der Waals surface area contributed by atoms with Crippen LogP contribution in [-0.2, 0) is 11.3 Å². The molecule has 0 atom stereocenters. The molecule has 1 N–H and O–H groups in total. The van der Waals surface area contributed by atoms with E-state index in [2.05, 4.69) is 10.2 Å². The van der Waals surface area contributed by atoms with Crippen LogP contribution in [0.1, 0.15) is 50.6 Å². The van der Waals surface area contributed by atoms with Crippen molar-refractivity contribution in [1.29, 1.82) is 0 Å². The fourth-order valence-corrected chi connectivity index (χ4v) is 5.68. The Kier molecular flexibility index (Phi) is 3.09. The summed E-state index contributed by atoms with van der Waals surface area (Å²) in [6.07, 6.45) is 10.8. The lowest BCUT2D eigenvalue weighted by Gasteiger charge is -2.56. The van der Waals surface area contributed by atoms with Crippen molar-refractivity contribution in [2.45, 2.75) is 51.5 Å². The first-order chi connectivity index (χ1) is 10.1. The van der Waals surface area contributed by atoms with Crippen LogP contribution < -0.4 is 0 Å². The Labute approximate surface area is 126 Å². The van der Waals surface area contributed by atoms with Crippen LogP contribution in [0.3, 0.4) is 0 Å². The second-order valence-electron chi connectivity index (χ2n) is 7.93. The third-order valence-corrected chi connectivity index (χ3v) is 6.08. The summed E-state index contributed by atoms with van der Waals surface area (Å²) in [5, 5.41) is 6.89. The van der Waals surface area contributed by atoms with Crippen LogP contribution in [0.5, 0.6) is 0 Å². The molecule has 0 saturated heterocycles. The van der Waals surface area contributed by atoms with Crippen molar-refractivity contribution in [2.75, 3.05) is 7.05 Å². The molecule has 21 heavy (non-hydrogen) atoms. The Hall–Kier alpha value is -1.32. The summed E-state index contributed by atoms with van der Waals surface area (Å²) < 4.78 is 0. The normalized spacial score (nSPS) is 36.9. The van der Waals surface area contributed by atoms with E-state index >= 15 is 0 Å². The van der Waals surface area contributed by atoms with Crippen molar-refractivity contribution in [2.24, 2.45) is 23.2 Å². The molecule has 114 valence electrons. The first-order valence-corrected chi connectivity index (χ1v) is 8.34. The summed E-state index contributed by atoms with van der Waals surface area (Å²) >= 11 is 0. The molecule has 1 heterocycles. The van der Waals surface area contributed by atoms with Gasteiger partial charge in [0, 0.05) is 19.7 Å². The number of carbonyl (C=O) groups is 1. The number of amides is 1. The summed E-state index contributed by atoms with van der Waals surface area (Å²) in [6, 6.07) is 1.94. The van der Waals surface area contributed by atoms with Gasteiger partial charge in [-0.25, -0.2) is 0 Å². The number of rotatable bonds is 4. The van der Waals surface area contributed by atoms with Crippen molar-refractivity contribution in [3.05, 3.63) is 18.0 Å². The Balaban J connectivity index is 1.42. The average Bonchev–Trinajstić information content (AvgIpc) is 2.89. The molecule has 0 radical (unpaired) electrons. The van der Waals surface area contributed by atoms with Crippen molar-refractivity contribution >= 4 is 5.91 Å². The average molecular weight is 287 g/mol. The maximum atomic E-state index is 12.6. The number of aromatic nitrogens is 2. The van der Waals surface area contributed by atoms with Gasteiger partial charge in [0.15, 0.2) is 0 Å². The number of H-pyrrole nitrogens is 1. The van der Waals surface area contributed by atoms with E-state index in [1.165, 1.54) is 38.5 Å². The van der Waals surface area contributed by atoms with Crippen LogP contribution in [0.25, 0.3) is 0 Å². The molecule has 5 rings (SSSR count). The van der Waals surface area contributed by atoms with Crippen LogP contribution in [-0.4, -0.2) is 28.1 Å². The summed E-state index contributed by atoms with van der Waals surface area (Å²) in [5.41, 5.74) is 1.35. The van der Waals surface area contributed by atoms with Gasteiger partial charge in [-0.1, -0.05) is 0 Å². The molecule has 4 heteroatoms. The second kappa shape index (κ2) is 4.85. The van der Waals surface area contributed by atoms with Crippen LogP contribution >= 0.6 is 0 Å². The lowest BCUT2D eigenvalue weighted by atomic mass is 9.49. The molecule has 4 bridgehead atoms. The number of carbonyl (C=O) groups excluding carboxylic acids is 1. The SMILES string of the molecule is CN(Cc1ccn[nH]1)C(=O)CC12CC3CC(CC(C3)C1)C2. The highest BCUT2D eigenvalue weighted by molar-refractivity contribution is 5.76. The Morgan fingerprint density at radius 2 is 1.90 bits per heavy atom. The number of hydrogen-bond donors (Lipinski definition) is 1. The number of nitrogens with zero attached hydrogens (tertiary/aromatic N) is 2. The Morgan fingerprint density at radius 3 is 2.43 bits per heavy atom. The minimum absolute atomic E-state index is 0.312. The molecule has 4 fully saturated rings.